The number of halogens is 1. The number of fused-ring (bicyclic) bond motifs is 1. The normalized spacial score (nSPS) is 11.6. The maximum Gasteiger partial charge on any atom is 0.148 e. The van der Waals surface area contributed by atoms with Crippen LogP contribution in [0.3, 0.4) is 0 Å². The van der Waals surface area contributed by atoms with Crippen LogP contribution in [0.1, 0.15) is 26.3 Å². The lowest BCUT2D eigenvalue weighted by Gasteiger charge is -2.23. The number of aromatic nitrogens is 1. The summed E-state index contributed by atoms with van der Waals surface area (Å²) in [5.74, 6) is 7.36. The number of hydrazine groups is 1. The van der Waals surface area contributed by atoms with Gasteiger partial charge in [-0.2, -0.15) is 0 Å². The molecule has 0 radical (unpaired) electrons. The Bertz CT molecular complexity index is 681. The SMILES string of the molecule is COc1cc(OC)c2nc(NN)c(C(C)(C)C)cc2c1Cl. The van der Waals surface area contributed by atoms with Crippen molar-refractivity contribution < 1.29 is 9.47 Å². The van der Waals surface area contributed by atoms with E-state index in [1.807, 2.05) is 6.07 Å². The van der Waals surface area contributed by atoms with Gasteiger partial charge in [0.05, 0.1) is 19.2 Å². The van der Waals surface area contributed by atoms with Gasteiger partial charge in [0.1, 0.15) is 22.8 Å². The minimum Gasteiger partial charge on any atom is -0.495 e. The second-order valence-corrected chi connectivity index (χ2v) is 6.15. The number of ether oxygens (including phenoxy) is 2. The molecule has 1 heterocycles. The highest BCUT2D eigenvalue weighted by Crippen LogP contribution is 2.41. The molecule has 0 amide bonds. The third-order valence-corrected chi connectivity index (χ3v) is 3.75. The number of nitrogen functional groups attached to an aromatic ring is 1. The van der Waals surface area contributed by atoms with Crippen LogP contribution in [0.5, 0.6) is 11.5 Å². The number of nitrogens with zero attached hydrogens (tertiary/aromatic N) is 1. The Kier molecular flexibility index (Phi) is 4.16. The third kappa shape index (κ3) is 2.71. The van der Waals surface area contributed by atoms with E-state index < -0.39 is 0 Å². The molecule has 0 unspecified atom stereocenters. The summed E-state index contributed by atoms with van der Waals surface area (Å²) in [6.07, 6.45) is 0. The van der Waals surface area contributed by atoms with Crippen molar-refractivity contribution in [2.75, 3.05) is 19.6 Å². The number of rotatable bonds is 3. The lowest BCUT2D eigenvalue weighted by molar-refractivity contribution is 0.397. The minimum absolute atomic E-state index is 0.136. The van der Waals surface area contributed by atoms with Gasteiger partial charge in [0.25, 0.3) is 0 Å². The quantitative estimate of drug-likeness (QED) is 0.671. The number of pyridine rings is 1. The van der Waals surface area contributed by atoms with Gasteiger partial charge in [-0.3, -0.25) is 0 Å². The number of anilines is 1. The molecule has 0 aliphatic rings. The second kappa shape index (κ2) is 5.58. The number of benzene rings is 1. The van der Waals surface area contributed by atoms with Crippen LogP contribution in [0.15, 0.2) is 12.1 Å². The highest BCUT2D eigenvalue weighted by atomic mass is 35.5. The molecule has 1 aromatic carbocycles. The van der Waals surface area contributed by atoms with E-state index in [9.17, 15) is 0 Å². The predicted octanol–water partition coefficient (Wildman–Crippen LogP) is 3.49. The fraction of sp³-hybridized carbons (Fsp3) is 0.400. The number of hydrogen-bond donors (Lipinski definition) is 2. The summed E-state index contributed by atoms with van der Waals surface area (Å²) in [7, 11) is 3.15. The molecule has 0 saturated carbocycles. The van der Waals surface area contributed by atoms with E-state index in [1.54, 1.807) is 20.3 Å². The molecule has 3 N–H and O–H groups in total. The molecule has 0 spiro atoms. The van der Waals surface area contributed by atoms with Crippen molar-refractivity contribution >= 4 is 28.3 Å². The molecule has 2 aromatic rings. The third-order valence-electron chi connectivity index (χ3n) is 3.36. The zero-order valence-corrected chi connectivity index (χ0v) is 13.6. The molecular weight excluding hydrogens is 290 g/mol. The molecule has 0 aliphatic heterocycles. The van der Waals surface area contributed by atoms with E-state index >= 15 is 0 Å². The number of methoxy groups -OCH3 is 2. The van der Waals surface area contributed by atoms with Crippen LogP contribution >= 0.6 is 11.6 Å². The van der Waals surface area contributed by atoms with E-state index in [2.05, 4.69) is 31.2 Å². The number of nitrogens with one attached hydrogen (secondary N) is 1. The van der Waals surface area contributed by atoms with Gasteiger partial charge in [-0.15, -0.1) is 0 Å². The van der Waals surface area contributed by atoms with Crippen molar-refractivity contribution in [2.24, 2.45) is 5.84 Å². The smallest absolute Gasteiger partial charge is 0.148 e. The average Bonchev–Trinajstić information content (AvgIpc) is 2.45. The van der Waals surface area contributed by atoms with Gasteiger partial charge < -0.3 is 14.9 Å². The Morgan fingerprint density at radius 1 is 1.14 bits per heavy atom. The van der Waals surface area contributed by atoms with E-state index in [1.165, 1.54) is 0 Å². The molecule has 0 aliphatic carbocycles. The molecule has 114 valence electrons. The summed E-state index contributed by atoms with van der Waals surface area (Å²) in [5.41, 5.74) is 4.13. The van der Waals surface area contributed by atoms with Gasteiger partial charge in [0, 0.05) is 17.0 Å². The first-order chi connectivity index (χ1) is 9.83. The van der Waals surface area contributed by atoms with Crippen LogP contribution in [0, 0.1) is 0 Å². The minimum atomic E-state index is -0.136. The lowest BCUT2D eigenvalue weighted by atomic mass is 9.86. The van der Waals surface area contributed by atoms with E-state index in [0.717, 1.165) is 10.9 Å². The molecule has 0 fully saturated rings. The fourth-order valence-corrected chi connectivity index (χ4v) is 2.51. The topological polar surface area (TPSA) is 69.4 Å². The average molecular weight is 310 g/mol. The Balaban J connectivity index is 2.90. The van der Waals surface area contributed by atoms with E-state index in [0.29, 0.717) is 27.9 Å². The molecule has 5 nitrogen and oxygen atoms in total. The number of nitrogens with two attached hydrogens (primary N) is 1. The summed E-state index contributed by atoms with van der Waals surface area (Å²) in [6, 6.07) is 3.69. The summed E-state index contributed by atoms with van der Waals surface area (Å²) < 4.78 is 10.7. The summed E-state index contributed by atoms with van der Waals surface area (Å²) in [5, 5.41) is 1.28. The zero-order chi connectivity index (χ0) is 15.8. The Hall–Kier alpha value is -1.72. The first-order valence-electron chi connectivity index (χ1n) is 6.55. The van der Waals surface area contributed by atoms with Crippen LogP contribution in [0.2, 0.25) is 5.02 Å². The van der Waals surface area contributed by atoms with Crippen LogP contribution in [-0.4, -0.2) is 19.2 Å². The van der Waals surface area contributed by atoms with E-state index in [4.69, 9.17) is 26.9 Å². The first kappa shape index (κ1) is 15.7. The Labute approximate surface area is 129 Å². The molecule has 6 heteroatoms. The molecule has 1 aromatic heterocycles. The molecule has 0 atom stereocenters. The monoisotopic (exact) mass is 309 g/mol. The van der Waals surface area contributed by atoms with Crippen molar-refractivity contribution in [2.45, 2.75) is 26.2 Å². The maximum atomic E-state index is 6.42. The van der Waals surface area contributed by atoms with Crippen LogP contribution in [0.25, 0.3) is 10.9 Å². The fourth-order valence-electron chi connectivity index (χ4n) is 2.24. The molecule has 21 heavy (non-hydrogen) atoms. The van der Waals surface area contributed by atoms with Gasteiger partial charge in [0.15, 0.2) is 0 Å². The number of hydrogen-bond acceptors (Lipinski definition) is 5. The van der Waals surface area contributed by atoms with Crippen molar-refractivity contribution in [1.82, 2.24) is 4.98 Å². The maximum absolute atomic E-state index is 6.42. The molecular formula is C15H20ClN3O2. The van der Waals surface area contributed by atoms with Gasteiger partial charge in [0.2, 0.25) is 0 Å². The highest BCUT2D eigenvalue weighted by molar-refractivity contribution is 6.37. The largest absolute Gasteiger partial charge is 0.495 e. The van der Waals surface area contributed by atoms with Crippen molar-refractivity contribution in [3.05, 3.63) is 22.7 Å². The van der Waals surface area contributed by atoms with Crippen LogP contribution in [-0.2, 0) is 5.41 Å². The van der Waals surface area contributed by atoms with Gasteiger partial charge in [-0.25, -0.2) is 10.8 Å². The summed E-state index contributed by atoms with van der Waals surface area (Å²) in [4.78, 5) is 4.57. The molecule has 0 saturated heterocycles. The highest BCUT2D eigenvalue weighted by Gasteiger charge is 2.23. The Morgan fingerprint density at radius 2 is 1.76 bits per heavy atom. The predicted molar refractivity (Wildman–Crippen MR) is 86.4 cm³/mol. The van der Waals surface area contributed by atoms with Crippen LogP contribution < -0.4 is 20.7 Å². The second-order valence-electron chi connectivity index (χ2n) is 5.77. The van der Waals surface area contributed by atoms with Gasteiger partial charge in [-0.1, -0.05) is 32.4 Å². The van der Waals surface area contributed by atoms with Crippen LogP contribution in [0.4, 0.5) is 5.82 Å². The molecule has 0 bridgehead atoms. The molecule has 2 rings (SSSR count). The van der Waals surface area contributed by atoms with Crippen molar-refractivity contribution in [3.8, 4) is 11.5 Å². The van der Waals surface area contributed by atoms with Gasteiger partial charge >= 0.3 is 0 Å². The standard InChI is InChI=1S/C15H20ClN3O2/c1-15(2,3)9-6-8-12(16)10(20-4)7-11(21-5)13(8)18-14(9)19-17/h6-7H,17H2,1-5H3,(H,18,19). The first-order valence-corrected chi connectivity index (χ1v) is 6.93. The van der Waals surface area contributed by atoms with Crippen molar-refractivity contribution in [1.29, 1.82) is 0 Å². The summed E-state index contributed by atoms with van der Waals surface area (Å²) in [6.45, 7) is 6.26. The summed E-state index contributed by atoms with van der Waals surface area (Å²) >= 11 is 6.42. The van der Waals surface area contributed by atoms with Crippen molar-refractivity contribution in [3.63, 3.8) is 0 Å². The zero-order valence-electron chi connectivity index (χ0n) is 12.9. The Morgan fingerprint density at radius 3 is 2.24 bits per heavy atom. The van der Waals surface area contributed by atoms with E-state index in [-0.39, 0.29) is 5.41 Å². The lowest BCUT2D eigenvalue weighted by Crippen LogP contribution is -2.19. The van der Waals surface area contributed by atoms with Gasteiger partial charge in [-0.05, 0) is 11.5 Å².